The van der Waals surface area contributed by atoms with Crippen molar-refractivity contribution in [1.82, 2.24) is 24.4 Å². The van der Waals surface area contributed by atoms with Gasteiger partial charge < -0.3 is 24.7 Å². The van der Waals surface area contributed by atoms with E-state index >= 15 is 0 Å². The van der Waals surface area contributed by atoms with Crippen LogP contribution in [0.25, 0.3) is 11.5 Å². The lowest BCUT2D eigenvalue weighted by Gasteiger charge is -2.29. The Hall–Kier alpha value is -3.61. The van der Waals surface area contributed by atoms with Gasteiger partial charge in [0.2, 0.25) is 13.2 Å². The number of hydrogen-bond acceptors (Lipinski definition) is 10. The topological polar surface area (TPSA) is 152 Å². The van der Waals surface area contributed by atoms with Gasteiger partial charge in [0.15, 0.2) is 34.0 Å². The summed E-state index contributed by atoms with van der Waals surface area (Å²) in [6.45, 7) is 2.26. The van der Waals surface area contributed by atoms with Crippen LogP contribution in [0.5, 0.6) is 11.5 Å². The highest BCUT2D eigenvalue weighted by Gasteiger charge is 2.27. The number of imidazole rings is 1. The first-order chi connectivity index (χ1) is 16.0. The fraction of sp³-hybridized carbons (Fsp3) is 0.400. The maximum Gasteiger partial charge on any atom is 0.287 e. The lowest BCUT2D eigenvalue weighted by atomic mass is 9.94. The molecular weight excluding hydrogens is 450 g/mol. The molecule has 0 aliphatic carbocycles. The third-order valence-corrected chi connectivity index (χ3v) is 6.81. The van der Waals surface area contributed by atoms with Crippen LogP contribution >= 0.6 is 11.8 Å². The van der Waals surface area contributed by atoms with Crippen molar-refractivity contribution < 1.29 is 19.2 Å². The molecule has 0 saturated carbocycles. The van der Waals surface area contributed by atoms with E-state index in [9.17, 15) is 14.9 Å². The quantitative estimate of drug-likeness (QED) is 0.309. The molecule has 4 aliphatic heterocycles. The van der Waals surface area contributed by atoms with E-state index in [1.165, 1.54) is 6.07 Å². The van der Waals surface area contributed by atoms with Gasteiger partial charge in [-0.25, -0.2) is 15.0 Å². The van der Waals surface area contributed by atoms with Crippen LogP contribution in [-0.2, 0) is 11.3 Å². The number of nitrogens with two attached hydrogens (primary N) is 1. The van der Waals surface area contributed by atoms with E-state index in [0.717, 1.165) is 50.5 Å². The number of carbonyl (C=O) groups excluding carboxylic acids is 1. The number of carbonyl (C=O) groups is 1. The predicted molar refractivity (Wildman–Crippen MR) is 117 cm³/mol. The molecule has 0 spiro atoms. The molecule has 5 rings (SSSR count). The first-order valence-electron chi connectivity index (χ1n) is 10.5. The second-order valence-corrected chi connectivity index (χ2v) is 8.92. The van der Waals surface area contributed by atoms with Crippen molar-refractivity contribution in [1.29, 1.82) is 0 Å². The second kappa shape index (κ2) is 8.73. The molecule has 12 nitrogen and oxygen atoms in total. The molecule has 1 aromatic rings. The molecule has 4 aliphatic rings. The van der Waals surface area contributed by atoms with Gasteiger partial charge in [-0.3, -0.25) is 14.9 Å². The second-order valence-electron chi connectivity index (χ2n) is 7.91. The number of rotatable bonds is 7. The summed E-state index contributed by atoms with van der Waals surface area (Å²) in [6, 6.07) is 2.91. The number of aryl methyl sites for hydroxylation is 1. The molecule has 0 radical (unpaired) electrons. The average molecular weight is 471 g/mol. The fourth-order valence-corrected chi connectivity index (χ4v) is 4.92. The van der Waals surface area contributed by atoms with E-state index in [1.54, 1.807) is 17.3 Å². The van der Waals surface area contributed by atoms with Gasteiger partial charge in [-0.1, -0.05) is 0 Å². The molecule has 172 valence electrons. The van der Waals surface area contributed by atoms with Crippen LogP contribution in [0.1, 0.15) is 19.3 Å². The summed E-state index contributed by atoms with van der Waals surface area (Å²) < 4.78 is 12.5. The third-order valence-electron chi connectivity index (χ3n) is 5.90. The minimum Gasteiger partial charge on any atom is -0.454 e. The Balaban J connectivity index is 1.38. The molecule has 1 amide bonds. The predicted octanol–water partition coefficient (Wildman–Crippen LogP) is 2.41. The van der Waals surface area contributed by atoms with E-state index in [2.05, 4.69) is 15.0 Å². The lowest BCUT2D eigenvalue weighted by Crippen LogP contribution is -2.32. The number of nitrogens with zero attached hydrogens (tertiary/aromatic N) is 6. The lowest BCUT2D eigenvalue weighted by molar-refractivity contribution is -0.387. The highest BCUT2D eigenvalue weighted by Crippen LogP contribution is 2.44. The molecule has 13 heteroatoms. The summed E-state index contributed by atoms with van der Waals surface area (Å²) in [4.78, 5) is 37.5. The van der Waals surface area contributed by atoms with Gasteiger partial charge in [-0.15, -0.1) is 0 Å². The Morgan fingerprint density at radius 3 is 2.73 bits per heavy atom. The molecule has 1 fully saturated rings. The van der Waals surface area contributed by atoms with Crippen LogP contribution in [0.15, 0.2) is 28.5 Å². The Kier molecular flexibility index (Phi) is 5.62. The molecule has 0 bridgehead atoms. The van der Waals surface area contributed by atoms with E-state index in [4.69, 9.17) is 15.2 Å². The Morgan fingerprint density at radius 2 is 2.00 bits per heavy atom. The number of hydrogen-bond donors (Lipinski definition) is 1. The zero-order chi connectivity index (χ0) is 22.9. The number of ether oxygens (including phenoxy) is 2. The minimum atomic E-state index is -0.473. The van der Waals surface area contributed by atoms with E-state index in [1.807, 2.05) is 4.57 Å². The minimum absolute atomic E-state index is 0.0216. The van der Waals surface area contributed by atoms with Crippen molar-refractivity contribution in [3.8, 4) is 23.0 Å². The first kappa shape index (κ1) is 21.2. The molecule has 33 heavy (non-hydrogen) atoms. The van der Waals surface area contributed by atoms with Gasteiger partial charge in [0.25, 0.3) is 5.69 Å². The normalized spacial score (nSPS) is 15.8. The van der Waals surface area contributed by atoms with Crippen molar-refractivity contribution in [2.24, 2.45) is 5.92 Å². The zero-order valence-corrected chi connectivity index (χ0v) is 18.4. The van der Waals surface area contributed by atoms with Crippen LogP contribution < -0.4 is 15.2 Å². The average Bonchev–Trinajstić information content (AvgIpc) is 3.45. The van der Waals surface area contributed by atoms with Crippen LogP contribution in [0.2, 0.25) is 0 Å². The largest absolute Gasteiger partial charge is 0.454 e. The molecule has 0 atom stereocenters. The molecule has 1 aromatic carbocycles. The van der Waals surface area contributed by atoms with Gasteiger partial charge in [0.1, 0.15) is 0 Å². The molecule has 0 aromatic heterocycles. The number of benzene rings is 1. The van der Waals surface area contributed by atoms with Crippen LogP contribution in [0, 0.1) is 16.0 Å². The van der Waals surface area contributed by atoms with E-state index in [0.29, 0.717) is 45.5 Å². The molecule has 1 saturated heterocycles. The van der Waals surface area contributed by atoms with Gasteiger partial charge in [0, 0.05) is 25.7 Å². The number of nitrogen functional groups attached to an aromatic ring is 1. The molecular formula is C20H21N7O5S. The molecule has 2 N–H and O–H groups in total. The fourth-order valence-electron chi connectivity index (χ4n) is 4.05. The van der Waals surface area contributed by atoms with Crippen LogP contribution in [-0.4, -0.2) is 55.6 Å². The number of likely N-dealkylation sites (tertiary alicyclic amines) is 1. The van der Waals surface area contributed by atoms with Crippen LogP contribution in [0.3, 0.4) is 0 Å². The van der Waals surface area contributed by atoms with Crippen molar-refractivity contribution >= 4 is 29.7 Å². The van der Waals surface area contributed by atoms with Gasteiger partial charge in [-0.05, 0) is 36.9 Å². The number of nitro benzene ring substituents is 1. The summed E-state index contributed by atoms with van der Waals surface area (Å²) >= 11 is 1.07. The number of amides is 1. The van der Waals surface area contributed by atoms with Crippen molar-refractivity contribution in [3.05, 3.63) is 28.6 Å². The number of anilines is 1. The van der Waals surface area contributed by atoms with Crippen molar-refractivity contribution in [3.63, 3.8) is 0 Å². The SMILES string of the molecule is Nc1ncn(CCC2CCN(C=O)CC2)c2nc(Sc3cc4c(cc3[N+](=O)[O-])OCO4)nc1-2. The number of fused-ring (bicyclic) bond motifs is 2. The summed E-state index contributed by atoms with van der Waals surface area (Å²) in [6.07, 6.45) is 5.39. The monoisotopic (exact) mass is 471 g/mol. The first-order valence-corrected chi connectivity index (χ1v) is 11.3. The smallest absolute Gasteiger partial charge is 0.287 e. The third kappa shape index (κ3) is 4.23. The van der Waals surface area contributed by atoms with Crippen molar-refractivity contribution in [2.45, 2.75) is 35.9 Å². The van der Waals surface area contributed by atoms with Gasteiger partial charge in [0.05, 0.1) is 22.2 Å². The number of piperidine rings is 1. The highest BCUT2D eigenvalue weighted by molar-refractivity contribution is 7.99. The maximum atomic E-state index is 11.6. The summed E-state index contributed by atoms with van der Waals surface area (Å²) in [5.74, 6) is 2.12. The Labute approximate surface area is 192 Å². The van der Waals surface area contributed by atoms with E-state index < -0.39 is 4.92 Å². The molecule has 4 heterocycles. The van der Waals surface area contributed by atoms with Crippen molar-refractivity contribution in [2.75, 3.05) is 25.6 Å². The van der Waals surface area contributed by atoms with E-state index in [-0.39, 0.29) is 18.3 Å². The van der Waals surface area contributed by atoms with Crippen LogP contribution in [0.4, 0.5) is 11.5 Å². The number of aromatic nitrogens is 4. The Bertz CT molecular complexity index is 1180. The Morgan fingerprint density at radius 1 is 1.24 bits per heavy atom. The number of nitro groups is 1. The highest BCUT2D eigenvalue weighted by atomic mass is 32.2. The van der Waals surface area contributed by atoms with Gasteiger partial charge >= 0.3 is 0 Å². The molecule has 0 unspecified atom stereocenters. The summed E-state index contributed by atoms with van der Waals surface area (Å²) in [7, 11) is 0. The van der Waals surface area contributed by atoms with Gasteiger partial charge in [-0.2, -0.15) is 0 Å². The summed E-state index contributed by atoms with van der Waals surface area (Å²) in [5, 5.41) is 11.9. The maximum absolute atomic E-state index is 11.6. The standard InChI is InChI=1S/C20H21N7O5S/c21-18-17-19(26(9-22-18)6-3-12-1-4-25(10-28)5-2-12)24-20(23-17)33-16-8-15-14(31-11-32-15)7-13(16)27(29)30/h7-10,12H,1-6,11,21H2. The summed E-state index contributed by atoms with van der Waals surface area (Å²) in [5.41, 5.74) is 6.38. The zero-order valence-electron chi connectivity index (χ0n) is 17.5.